The number of amides is 2. The van der Waals surface area contributed by atoms with Gasteiger partial charge in [-0.25, -0.2) is 13.3 Å². The van der Waals surface area contributed by atoms with E-state index in [2.05, 4.69) is 4.90 Å². The van der Waals surface area contributed by atoms with Crippen LogP contribution in [0.3, 0.4) is 0 Å². The monoisotopic (exact) mass is 498 g/mol. The van der Waals surface area contributed by atoms with Crippen molar-refractivity contribution in [2.45, 2.75) is 17.4 Å². The minimum absolute atomic E-state index is 0.0114. The quantitative estimate of drug-likeness (QED) is 0.499. The Morgan fingerprint density at radius 1 is 1.09 bits per heavy atom. The lowest BCUT2D eigenvalue weighted by molar-refractivity contribution is -0.122. The SMILES string of the molecule is COc1ccc(S(=O)(=O)N(CCN2CCOCC2)C2CC(=O)N(c3ccc(C#N)cc3)C2=O)cc1. The van der Waals surface area contributed by atoms with Crippen molar-refractivity contribution in [2.24, 2.45) is 0 Å². The van der Waals surface area contributed by atoms with Gasteiger partial charge < -0.3 is 9.47 Å². The van der Waals surface area contributed by atoms with E-state index in [4.69, 9.17) is 14.7 Å². The van der Waals surface area contributed by atoms with E-state index in [1.54, 1.807) is 0 Å². The fraction of sp³-hybridized carbons (Fsp3) is 0.375. The number of carbonyl (C=O) groups is 2. The summed E-state index contributed by atoms with van der Waals surface area (Å²) in [5, 5.41) is 9.02. The Morgan fingerprint density at radius 3 is 2.34 bits per heavy atom. The molecular formula is C24H26N4O6S. The summed E-state index contributed by atoms with van der Waals surface area (Å²) in [5.74, 6) is -0.604. The highest BCUT2D eigenvalue weighted by Crippen LogP contribution is 2.30. The molecule has 184 valence electrons. The molecule has 2 saturated heterocycles. The van der Waals surface area contributed by atoms with Crippen LogP contribution in [0.4, 0.5) is 5.69 Å². The zero-order valence-corrected chi connectivity index (χ0v) is 20.1. The number of nitriles is 1. The van der Waals surface area contributed by atoms with Crippen LogP contribution in [0.2, 0.25) is 0 Å². The van der Waals surface area contributed by atoms with E-state index in [0.29, 0.717) is 49.8 Å². The average Bonchev–Trinajstić information content (AvgIpc) is 3.18. The molecule has 0 spiro atoms. The summed E-state index contributed by atoms with van der Waals surface area (Å²) in [7, 11) is -2.62. The number of hydrogen-bond donors (Lipinski definition) is 0. The number of hydrogen-bond acceptors (Lipinski definition) is 8. The summed E-state index contributed by atoms with van der Waals surface area (Å²) in [4.78, 5) is 29.4. The molecule has 4 rings (SSSR count). The lowest BCUT2D eigenvalue weighted by atomic mass is 10.2. The number of nitrogens with zero attached hydrogens (tertiary/aromatic N) is 4. The molecule has 0 bridgehead atoms. The predicted molar refractivity (Wildman–Crippen MR) is 126 cm³/mol. The maximum absolute atomic E-state index is 13.7. The third-order valence-electron chi connectivity index (χ3n) is 6.13. The largest absolute Gasteiger partial charge is 0.497 e. The Kier molecular flexibility index (Phi) is 7.47. The highest BCUT2D eigenvalue weighted by atomic mass is 32.2. The Balaban J connectivity index is 1.64. The van der Waals surface area contributed by atoms with Crippen LogP contribution in [-0.4, -0.2) is 82.0 Å². The minimum atomic E-state index is -4.11. The average molecular weight is 499 g/mol. The number of rotatable bonds is 8. The molecule has 0 aromatic heterocycles. The Morgan fingerprint density at radius 2 is 1.74 bits per heavy atom. The number of benzene rings is 2. The number of ether oxygens (including phenoxy) is 2. The lowest BCUT2D eigenvalue weighted by Crippen LogP contribution is -2.49. The van der Waals surface area contributed by atoms with E-state index < -0.39 is 27.9 Å². The van der Waals surface area contributed by atoms with Gasteiger partial charge in [0.15, 0.2) is 0 Å². The lowest BCUT2D eigenvalue weighted by Gasteiger charge is -2.31. The first kappa shape index (κ1) is 24.8. The molecule has 2 aliphatic rings. The van der Waals surface area contributed by atoms with Crippen molar-refractivity contribution < 1.29 is 27.5 Å². The van der Waals surface area contributed by atoms with Crippen LogP contribution in [0.25, 0.3) is 0 Å². The first-order chi connectivity index (χ1) is 16.8. The van der Waals surface area contributed by atoms with Gasteiger partial charge in [0, 0.05) is 26.2 Å². The van der Waals surface area contributed by atoms with Crippen molar-refractivity contribution in [3.05, 3.63) is 54.1 Å². The topological polar surface area (TPSA) is 120 Å². The van der Waals surface area contributed by atoms with Crippen molar-refractivity contribution in [3.63, 3.8) is 0 Å². The summed E-state index contributed by atoms with van der Waals surface area (Å²) >= 11 is 0. The van der Waals surface area contributed by atoms with Gasteiger partial charge in [-0.1, -0.05) is 0 Å². The van der Waals surface area contributed by atoms with E-state index >= 15 is 0 Å². The van der Waals surface area contributed by atoms with Gasteiger partial charge in [0.25, 0.3) is 5.91 Å². The van der Waals surface area contributed by atoms with Crippen LogP contribution < -0.4 is 9.64 Å². The zero-order chi connectivity index (χ0) is 25.0. The van der Waals surface area contributed by atoms with Gasteiger partial charge in [-0.05, 0) is 48.5 Å². The van der Waals surface area contributed by atoms with E-state index in [9.17, 15) is 18.0 Å². The number of imide groups is 1. The van der Waals surface area contributed by atoms with Gasteiger partial charge >= 0.3 is 0 Å². The third-order valence-corrected chi connectivity index (χ3v) is 8.05. The van der Waals surface area contributed by atoms with Crippen LogP contribution in [0.5, 0.6) is 5.75 Å². The van der Waals surface area contributed by atoms with Crippen molar-refractivity contribution in [2.75, 3.05) is 51.4 Å². The summed E-state index contributed by atoms with van der Waals surface area (Å²) < 4.78 is 39.0. The highest BCUT2D eigenvalue weighted by Gasteiger charge is 2.47. The molecule has 2 fully saturated rings. The number of anilines is 1. The highest BCUT2D eigenvalue weighted by molar-refractivity contribution is 7.89. The Hall–Kier alpha value is -3.30. The molecule has 0 aliphatic carbocycles. The van der Waals surface area contributed by atoms with Gasteiger partial charge in [-0.3, -0.25) is 14.5 Å². The Labute approximate surface area is 204 Å². The number of methoxy groups -OCH3 is 1. The van der Waals surface area contributed by atoms with Crippen LogP contribution in [-0.2, 0) is 24.3 Å². The summed E-state index contributed by atoms with van der Waals surface area (Å²) in [6.07, 6.45) is -0.267. The molecular weight excluding hydrogens is 472 g/mol. The summed E-state index contributed by atoms with van der Waals surface area (Å²) in [5.41, 5.74) is 0.690. The molecule has 0 radical (unpaired) electrons. The van der Waals surface area contributed by atoms with Gasteiger partial charge in [-0.15, -0.1) is 0 Å². The standard InChI is InChI=1S/C24H26N4O6S/c1-33-20-6-8-21(9-7-20)35(31,32)27(11-10-26-12-14-34-15-13-26)22-16-23(29)28(24(22)30)19-4-2-18(17-25)3-5-19/h2-9,22H,10-16H2,1H3. The Bertz CT molecular complexity index is 1220. The zero-order valence-electron chi connectivity index (χ0n) is 19.3. The molecule has 1 atom stereocenters. The number of carbonyl (C=O) groups excluding carboxylic acids is 2. The number of morpholine rings is 1. The molecule has 11 heteroatoms. The first-order valence-electron chi connectivity index (χ1n) is 11.2. The molecule has 1 unspecified atom stereocenters. The van der Waals surface area contributed by atoms with E-state index in [1.807, 2.05) is 6.07 Å². The van der Waals surface area contributed by atoms with E-state index in [1.165, 1.54) is 55.6 Å². The van der Waals surface area contributed by atoms with Crippen molar-refractivity contribution >= 4 is 27.5 Å². The molecule has 2 aromatic carbocycles. The molecule has 2 aromatic rings. The molecule has 0 saturated carbocycles. The van der Waals surface area contributed by atoms with Crippen LogP contribution in [0, 0.1) is 11.3 Å². The normalized spacial score (nSPS) is 19.2. The summed E-state index contributed by atoms with van der Waals surface area (Å²) in [6, 6.07) is 12.8. The minimum Gasteiger partial charge on any atom is -0.497 e. The molecule has 35 heavy (non-hydrogen) atoms. The summed E-state index contributed by atoms with van der Waals surface area (Å²) in [6.45, 7) is 2.86. The van der Waals surface area contributed by atoms with Crippen molar-refractivity contribution in [3.8, 4) is 11.8 Å². The number of sulfonamides is 1. The maximum Gasteiger partial charge on any atom is 0.252 e. The van der Waals surface area contributed by atoms with Crippen LogP contribution >= 0.6 is 0 Å². The van der Waals surface area contributed by atoms with Crippen LogP contribution in [0.1, 0.15) is 12.0 Å². The molecule has 10 nitrogen and oxygen atoms in total. The van der Waals surface area contributed by atoms with Crippen molar-refractivity contribution in [1.29, 1.82) is 5.26 Å². The van der Waals surface area contributed by atoms with E-state index in [-0.39, 0.29) is 17.9 Å². The van der Waals surface area contributed by atoms with Gasteiger partial charge in [0.2, 0.25) is 15.9 Å². The second-order valence-corrected chi connectivity index (χ2v) is 10.1. The predicted octanol–water partition coefficient (Wildman–Crippen LogP) is 1.22. The van der Waals surface area contributed by atoms with E-state index in [0.717, 1.165) is 9.21 Å². The molecule has 2 amide bonds. The second kappa shape index (κ2) is 10.5. The fourth-order valence-electron chi connectivity index (χ4n) is 4.19. The third kappa shape index (κ3) is 5.21. The maximum atomic E-state index is 13.7. The first-order valence-corrected chi connectivity index (χ1v) is 12.6. The van der Waals surface area contributed by atoms with Gasteiger partial charge in [-0.2, -0.15) is 9.57 Å². The smallest absolute Gasteiger partial charge is 0.252 e. The molecule has 0 N–H and O–H groups in total. The molecule has 2 aliphatic heterocycles. The van der Waals surface area contributed by atoms with Crippen molar-refractivity contribution in [1.82, 2.24) is 9.21 Å². The molecule has 2 heterocycles. The van der Waals surface area contributed by atoms with Crippen LogP contribution in [0.15, 0.2) is 53.4 Å². The second-order valence-electron chi connectivity index (χ2n) is 8.19. The van der Waals surface area contributed by atoms with Gasteiger partial charge in [0.1, 0.15) is 11.8 Å². The van der Waals surface area contributed by atoms with Gasteiger partial charge in [0.05, 0.1) is 49.0 Å². The fourth-order valence-corrected chi connectivity index (χ4v) is 5.76.